The number of sulfone groups is 1. The Bertz CT molecular complexity index is 1000. The summed E-state index contributed by atoms with van der Waals surface area (Å²) in [6.45, 7) is 1.54. The molecule has 0 saturated heterocycles. The number of benzene rings is 1. The minimum absolute atomic E-state index is 0.0461. The molecule has 0 aliphatic heterocycles. The first-order valence-electron chi connectivity index (χ1n) is 7.09. The highest BCUT2D eigenvalue weighted by atomic mass is 35.5. The van der Waals surface area contributed by atoms with Crippen LogP contribution in [0.4, 0.5) is 5.00 Å². The largest absolute Gasteiger partial charge is 0.465 e. The molecule has 1 aromatic heterocycles. The number of nitrogens with zero attached hydrogens (tertiary/aromatic N) is 1. The van der Waals surface area contributed by atoms with Crippen molar-refractivity contribution in [2.45, 2.75) is 11.8 Å². The van der Waals surface area contributed by atoms with Gasteiger partial charge in [-0.2, -0.15) is 5.26 Å². The highest BCUT2D eigenvalue weighted by Gasteiger charge is 2.24. The molecule has 2 rings (SSSR count). The maximum absolute atomic E-state index is 12.3. The van der Waals surface area contributed by atoms with E-state index in [1.54, 1.807) is 6.92 Å². The third-order valence-corrected chi connectivity index (χ3v) is 6.45. The van der Waals surface area contributed by atoms with Gasteiger partial charge >= 0.3 is 5.97 Å². The molecule has 0 unspecified atom stereocenters. The lowest BCUT2D eigenvalue weighted by Crippen LogP contribution is -2.23. The van der Waals surface area contributed by atoms with E-state index in [-0.39, 0.29) is 20.3 Å². The topological polar surface area (TPSA) is 113 Å². The summed E-state index contributed by atoms with van der Waals surface area (Å²) >= 11 is 6.58. The fraction of sp³-hybridized carbons (Fsp3) is 0.188. The maximum Gasteiger partial charge on any atom is 0.348 e. The van der Waals surface area contributed by atoms with Crippen LogP contribution in [0.1, 0.15) is 20.8 Å². The molecule has 0 atom stereocenters. The molecule has 0 fully saturated rings. The van der Waals surface area contributed by atoms with Crippen molar-refractivity contribution in [1.29, 1.82) is 5.26 Å². The number of ether oxygens (including phenoxy) is 1. The zero-order chi connectivity index (χ0) is 19.5. The van der Waals surface area contributed by atoms with Gasteiger partial charge in [0, 0.05) is 5.02 Å². The molecule has 1 amide bonds. The van der Waals surface area contributed by atoms with Crippen molar-refractivity contribution in [1.82, 2.24) is 0 Å². The number of thiophene rings is 1. The summed E-state index contributed by atoms with van der Waals surface area (Å²) in [7, 11) is -2.68. The number of carbonyl (C=O) groups is 2. The van der Waals surface area contributed by atoms with E-state index in [2.05, 4.69) is 10.1 Å². The first kappa shape index (κ1) is 19.9. The van der Waals surface area contributed by atoms with E-state index in [0.717, 1.165) is 11.3 Å². The number of methoxy groups -OCH3 is 1. The molecule has 1 N–H and O–H groups in total. The van der Waals surface area contributed by atoms with E-state index >= 15 is 0 Å². The molecule has 26 heavy (non-hydrogen) atoms. The lowest BCUT2D eigenvalue weighted by molar-refractivity contribution is -0.113. The highest BCUT2D eigenvalue weighted by molar-refractivity contribution is 7.92. The van der Waals surface area contributed by atoms with Crippen molar-refractivity contribution in [3.8, 4) is 6.07 Å². The molecule has 10 heteroatoms. The first-order chi connectivity index (χ1) is 12.2. The van der Waals surface area contributed by atoms with Gasteiger partial charge in [0.15, 0.2) is 9.84 Å². The van der Waals surface area contributed by atoms with Gasteiger partial charge in [0.1, 0.15) is 21.7 Å². The third-order valence-electron chi connectivity index (χ3n) is 3.38. The number of rotatable bonds is 5. The summed E-state index contributed by atoms with van der Waals surface area (Å²) in [5.74, 6) is -2.28. The molecule has 0 bridgehead atoms. The summed E-state index contributed by atoms with van der Waals surface area (Å²) in [5.41, 5.74) is 0.452. The Morgan fingerprint density at radius 3 is 2.46 bits per heavy atom. The molecule has 1 aromatic carbocycles. The molecule has 1 heterocycles. The predicted molar refractivity (Wildman–Crippen MR) is 97.2 cm³/mol. The second-order valence-corrected chi connectivity index (χ2v) is 8.57. The van der Waals surface area contributed by atoms with Crippen LogP contribution in [-0.2, 0) is 19.4 Å². The van der Waals surface area contributed by atoms with Crippen molar-refractivity contribution in [2.24, 2.45) is 0 Å². The smallest absolute Gasteiger partial charge is 0.348 e. The summed E-state index contributed by atoms with van der Waals surface area (Å²) in [4.78, 5) is 24.0. The van der Waals surface area contributed by atoms with Gasteiger partial charge in [-0.15, -0.1) is 11.3 Å². The van der Waals surface area contributed by atoms with Crippen LogP contribution >= 0.6 is 22.9 Å². The maximum atomic E-state index is 12.3. The summed E-state index contributed by atoms with van der Waals surface area (Å²) in [6.07, 6.45) is 0. The van der Waals surface area contributed by atoms with Gasteiger partial charge in [-0.05, 0) is 36.8 Å². The lowest BCUT2D eigenvalue weighted by atomic mass is 10.2. The second kappa shape index (κ2) is 7.86. The van der Waals surface area contributed by atoms with Crippen LogP contribution in [0.2, 0.25) is 5.02 Å². The Morgan fingerprint density at radius 2 is 1.92 bits per heavy atom. The van der Waals surface area contributed by atoms with Crippen LogP contribution in [0.3, 0.4) is 0 Å². The fourth-order valence-electron chi connectivity index (χ4n) is 2.08. The number of hydrogen-bond acceptors (Lipinski definition) is 7. The summed E-state index contributed by atoms with van der Waals surface area (Å²) in [5, 5.41) is 12.1. The van der Waals surface area contributed by atoms with E-state index in [9.17, 15) is 23.3 Å². The Morgan fingerprint density at radius 1 is 1.31 bits per heavy atom. The number of esters is 1. The SMILES string of the molecule is COC(=O)c1sc(NC(=O)CS(=O)(=O)c2ccc(Cl)cc2)c(C#N)c1C. The molecule has 136 valence electrons. The van der Waals surface area contributed by atoms with E-state index in [1.165, 1.54) is 31.4 Å². The molecule has 2 aromatic rings. The summed E-state index contributed by atoms with van der Waals surface area (Å²) < 4.78 is 29.2. The minimum Gasteiger partial charge on any atom is -0.465 e. The summed E-state index contributed by atoms with van der Waals surface area (Å²) in [6, 6.07) is 7.31. The molecule has 0 aliphatic rings. The molecule has 0 radical (unpaired) electrons. The monoisotopic (exact) mass is 412 g/mol. The number of hydrogen-bond donors (Lipinski definition) is 1. The number of amides is 1. The molecular formula is C16H13ClN2O5S2. The molecule has 7 nitrogen and oxygen atoms in total. The fourth-order valence-corrected chi connectivity index (χ4v) is 4.44. The van der Waals surface area contributed by atoms with Crippen molar-refractivity contribution >= 4 is 49.7 Å². The van der Waals surface area contributed by atoms with E-state index < -0.39 is 27.5 Å². The Labute approximate surface area is 159 Å². The highest BCUT2D eigenvalue weighted by Crippen LogP contribution is 2.33. The van der Waals surface area contributed by atoms with Crippen LogP contribution in [-0.4, -0.2) is 33.2 Å². The van der Waals surface area contributed by atoms with E-state index in [4.69, 9.17) is 11.6 Å². The van der Waals surface area contributed by atoms with Crippen molar-refractivity contribution in [2.75, 3.05) is 18.2 Å². The minimum atomic E-state index is -3.88. The number of carbonyl (C=O) groups excluding carboxylic acids is 2. The van der Waals surface area contributed by atoms with Crippen molar-refractivity contribution in [3.05, 3.63) is 45.3 Å². The number of anilines is 1. The molecular weight excluding hydrogens is 400 g/mol. The average molecular weight is 413 g/mol. The molecule has 0 aliphatic carbocycles. The Kier molecular flexibility index (Phi) is 6.02. The second-order valence-electron chi connectivity index (χ2n) is 5.12. The van der Waals surface area contributed by atoms with E-state index in [1.807, 2.05) is 6.07 Å². The van der Waals surface area contributed by atoms with Crippen LogP contribution in [0, 0.1) is 18.3 Å². The van der Waals surface area contributed by atoms with Gasteiger partial charge in [0.05, 0.1) is 17.6 Å². The van der Waals surface area contributed by atoms with Gasteiger partial charge in [-0.1, -0.05) is 11.6 Å². The third kappa shape index (κ3) is 4.22. The quantitative estimate of drug-likeness (QED) is 0.755. The number of nitriles is 1. The van der Waals surface area contributed by atoms with Gasteiger partial charge in [0.2, 0.25) is 5.91 Å². The van der Waals surface area contributed by atoms with Gasteiger partial charge in [-0.3, -0.25) is 4.79 Å². The number of halogens is 1. The van der Waals surface area contributed by atoms with Crippen molar-refractivity contribution < 1.29 is 22.7 Å². The predicted octanol–water partition coefficient (Wildman–Crippen LogP) is 2.78. The van der Waals surface area contributed by atoms with Crippen molar-refractivity contribution in [3.63, 3.8) is 0 Å². The first-order valence-corrected chi connectivity index (χ1v) is 9.94. The zero-order valence-electron chi connectivity index (χ0n) is 13.7. The molecule has 0 saturated carbocycles. The van der Waals surface area contributed by atoms with Crippen LogP contribution in [0.15, 0.2) is 29.2 Å². The van der Waals surface area contributed by atoms with E-state index in [0.29, 0.717) is 10.6 Å². The normalized spacial score (nSPS) is 10.8. The van der Waals surface area contributed by atoms with Gasteiger partial charge in [-0.25, -0.2) is 13.2 Å². The van der Waals surface area contributed by atoms with Gasteiger partial charge < -0.3 is 10.1 Å². The average Bonchev–Trinajstić information content (AvgIpc) is 2.89. The van der Waals surface area contributed by atoms with Crippen LogP contribution < -0.4 is 5.32 Å². The zero-order valence-corrected chi connectivity index (χ0v) is 16.1. The Balaban J connectivity index is 2.24. The van der Waals surface area contributed by atoms with Crippen LogP contribution in [0.25, 0.3) is 0 Å². The standard InChI is InChI=1S/C16H13ClN2O5S2/c1-9-12(7-18)15(25-14(9)16(21)24-2)19-13(20)8-26(22,23)11-5-3-10(17)4-6-11/h3-6H,8H2,1-2H3,(H,19,20). The van der Waals surface area contributed by atoms with Gasteiger partial charge in [0.25, 0.3) is 0 Å². The lowest BCUT2D eigenvalue weighted by Gasteiger charge is -2.05. The Hall–Kier alpha value is -2.41. The van der Waals surface area contributed by atoms with Crippen LogP contribution in [0.5, 0.6) is 0 Å². The molecule has 0 spiro atoms. The number of nitrogens with one attached hydrogen (secondary N) is 1.